The highest BCUT2D eigenvalue weighted by Gasteiger charge is 2.13. The molecule has 17 heavy (non-hydrogen) atoms. The third kappa shape index (κ3) is 3.42. The molecule has 1 amide bonds. The third-order valence-electron chi connectivity index (χ3n) is 1.89. The van der Waals surface area contributed by atoms with Crippen molar-refractivity contribution in [1.82, 2.24) is 4.98 Å². The summed E-state index contributed by atoms with van der Waals surface area (Å²) in [5, 5.41) is 20.1. The number of nitrogens with one attached hydrogen (secondary N) is 1. The van der Waals surface area contributed by atoms with Gasteiger partial charge < -0.3 is 20.3 Å². The number of aliphatic hydroxyl groups excluding tert-OH is 1. The Morgan fingerprint density at radius 1 is 1.47 bits per heavy atom. The highest BCUT2D eigenvalue weighted by molar-refractivity contribution is 5.95. The largest absolute Gasteiger partial charge is 0.481 e. The van der Waals surface area contributed by atoms with Crippen molar-refractivity contribution in [3.05, 3.63) is 17.7 Å². The molecule has 1 aromatic heterocycles. The lowest BCUT2D eigenvalue weighted by Gasteiger charge is -2.08. The molecular weight excluding hydrogens is 228 g/mol. The fourth-order valence-electron chi connectivity index (χ4n) is 1.03. The van der Waals surface area contributed by atoms with Gasteiger partial charge in [-0.25, -0.2) is 4.79 Å². The summed E-state index contributed by atoms with van der Waals surface area (Å²) in [6, 6.07) is 2.39. The molecule has 0 aliphatic rings. The molecule has 0 fully saturated rings. The molecule has 1 heterocycles. The van der Waals surface area contributed by atoms with Gasteiger partial charge in [0.15, 0.2) is 0 Å². The Kier molecular flexibility index (Phi) is 4.00. The Labute approximate surface area is 97.1 Å². The molecule has 7 nitrogen and oxygen atoms in total. The van der Waals surface area contributed by atoms with E-state index in [9.17, 15) is 9.59 Å². The van der Waals surface area contributed by atoms with Crippen molar-refractivity contribution in [2.45, 2.75) is 13.0 Å². The Morgan fingerprint density at radius 2 is 2.12 bits per heavy atom. The molecule has 0 saturated carbocycles. The lowest BCUT2D eigenvalue weighted by atomic mass is 10.2. The topological polar surface area (TPSA) is 109 Å². The van der Waals surface area contributed by atoms with Crippen molar-refractivity contribution in [2.75, 3.05) is 12.4 Å². The molecule has 7 heteroatoms. The summed E-state index contributed by atoms with van der Waals surface area (Å²) in [5.41, 5.74) is -0.0715. The van der Waals surface area contributed by atoms with E-state index in [1.807, 2.05) is 0 Å². The van der Waals surface area contributed by atoms with E-state index in [1.165, 1.54) is 26.2 Å². The highest BCUT2D eigenvalue weighted by atomic mass is 16.5. The smallest absolute Gasteiger partial charge is 0.336 e. The summed E-state index contributed by atoms with van der Waals surface area (Å²) in [6.07, 6.45) is -1.21. The number of carbonyl (C=O) groups is 2. The first kappa shape index (κ1) is 12.9. The second-order valence-corrected chi connectivity index (χ2v) is 3.25. The van der Waals surface area contributed by atoms with Gasteiger partial charge in [0, 0.05) is 6.07 Å². The van der Waals surface area contributed by atoms with Crippen LogP contribution in [0.3, 0.4) is 0 Å². The van der Waals surface area contributed by atoms with Crippen LogP contribution in [0.25, 0.3) is 0 Å². The SMILES string of the molecule is COc1cc(C(=O)O)cc(NC(=O)C(C)O)n1. The van der Waals surface area contributed by atoms with Gasteiger partial charge in [0.25, 0.3) is 5.91 Å². The normalized spacial score (nSPS) is 11.7. The molecule has 0 saturated heterocycles. The van der Waals surface area contributed by atoms with Crippen molar-refractivity contribution in [3.63, 3.8) is 0 Å². The van der Waals surface area contributed by atoms with Gasteiger partial charge in [-0.1, -0.05) is 0 Å². The number of anilines is 1. The fraction of sp³-hybridized carbons (Fsp3) is 0.300. The second-order valence-electron chi connectivity index (χ2n) is 3.25. The highest BCUT2D eigenvalue weighted by Crippen LogP contribution is 2.16. The average molecular weight is 240 g/mol. The van der Waals surface area contributed by atoms with Crippen molar-refractivity contribution in [2.24, 2.45) is 0 Å². The molecule has 1 atom stereocenters. The van der Waals surface area contributed by atoms with Crippen molar-refractivity contribution < 1.29 is 24.5 Å². The lowest BCUT2D eigenvalue weighted by Crippen LogP contribution is -2.25. The van der Waals surface area contributed by atoms with Crippen molar-refractivity contribution in [1.29, 1.82) is 0 Å². The van der Waals surface area contributed by atoms with Crippen LogP contribution in [-0.4, -0.2) is 40.3 Å². The number of aromatic carboxylic acids is 1. The molecule has 1 aromatic rings. The zero-order valence-corrected chi connectivity index (χ0v) is 9.30. The zero-order chi connectivity index (χ0) is 13.0. The predicted molar refractivity (Wildman–Crippen MR) is 58.1 cm³/mol. The van der Waals surface area contributed by atoms with Gasteiger partial charge in [-0.2, -0.15) is 4.98 Å². The second kappa shape index (κ2) is 5.26. The van der Waals surface area contributed by atoms with Gasteiger partial charge in [0.2, 0.25) is 5.88 Å². The minimum absolute atomic E-state index is 0.00708. The predicted octanol–water partition coefficient (Wildman–Crippen LogP) is 0.108. The molecule has 0 aliphatic heterocycles. The maximum Gasteiger partial charge on any atom is 0.336 e. The summed E-state index contributed by atoms with van der Waals surface area (Å²) < 4.78 is 4.80. The monoisotopic (exact) mass is 240 g/mol. The van der Waals surface area contributed by atoms with Crippen LogP contribution in [0.4, 0.5) is 5.82 Å². The molecule has 1 unspecified atom stereocenters. The van der Waals surface area contributed by atoms with Crippen molar-refractivity contribution in [3.8, 4) is 5.88 Å². The Hall–Kier alpha value is -2.15. The number of carbonyl (C=O) groups excluding carboxylic acids is 1. The van der Waals surface area contributed by atoms with Gasteiger partial charge in [-0.05, 0) is 13.0 Å². The first-order valence-corrected chi connectivity index (χ1v) is 4.72. The number of ether oxygens (including phenoxy) is 1. The number of amides is 1. The molecule has 92 valence electrons. The summed E-state index contributed by atoms with van der Waals surface area (Å²) in [6.45, 7) is 1.29. The number of hydrogen-bond donors (Lipinski definition) is 3. The maximum atomic E-state index is 11.2. The number of nitrogens with zero attached hydrogens (tertiary/aromatic N) is 1. The molecular formula is C10H12N2O5. The van der Waals surface area contributed by atoms with Crippen molar-refractivity contribution >= 4 is 17.7 Å². The molecule has 0 aromatic carbocycles. The van der Waals surface area contributed by atoms with E-state index in [4.69, 9.17) is 14.9 Å². The number of aromatic nitrogens is 1. The molecule has 0 radical (unpaired) electrons. The number of hydrogen-bond acceptors (Lipinski definition) is 5. The van der Waals surface area contributed by atoms with Crippen LogP contribution in [0.15, 0.2) is 12.1 Å². The number of carboxylic acids is 1. The van der Waals surface area contributed by atoms with E-state index in [-0.39, 0.29) is 17.3 Å². The first-order chi connectivity index (χ1) is 7.93. The molecule has 3 N–H and O–H groups in total. The van der Waals surface area contributed by atoms with E-state index < -0.39 is 18.0 Å². The Bertz CT molecular complexity index is 444. The van der Waals surface area contributed by atoms with Gasteiger partial charge in [-0.15, -0.1) is 0 Å². The summed E-state index contributed by atoms with van der Waals surface area (Å²) >= 11 is 0. The standard InChI is InChI=1S/C10H12N2O5/c1-5(13)9(14)12-7-3-6(10(15)16)4-8(11-7)17-2/h3-5,13H,1-2H3,(H,15,16)(H,11,12,14). The van der Waals surface area contributed by atoms with Crippen LogP contribution >= 0.6 is 0 Å². The van der Waals surface area contributed by atoms with Gasteiger partial charge in [0.1, 0.15) is 11.9 Å². The minimum atomic E-state index is -1.21. The Balaban J connectivity index is 3.03. The zero-order valence-electron chi connectivity index (χ0n) is 9.30. The van der Waals surface area contributed by atoms with E-state index in [0.29, 0.717) is 0 Å². The summed E-state index contributed by atoms with van der Waals surface area (Å²) in [5.74, 6) is -1.78. The van der Waals surface area contributed by atoms with E-state index in [0.717, 1.165) is 0 Å². The van der Waals surface area contributed by atoms with E-state index in [2.05, 4.69) is 10.3 Å². The third-order valence-corrected chi connectivity index (χ3v) is 1.89. The first-order valence-electron chi connectivity index (χ1n) is 4.72. The van der Waals surface area contributed by atoms with E-state index >= 15 is 0 Å². The average Bonchev–Trinajstić information content (AvgIpc) is 2.28. The molecule has 0 aliphatic carbocycles. The lowest BCUT2D eigenvalue weighted by molar-refractivity contribution is -0.123. The van der Waals surface area contributed by atoms with Gasteiger partial charge in [-0.3, -0.25) is 4.79 Å². The van der Waals surface area contributed by atoms with E-state index in [1.54, 1.807) is 0 Å². The van der Waals surface area contributed by atoms with Gasteiger partial charge >= 0.3 is 5.97 Å². The number of rotatable bonds is 4. The number of carboxylic acid groups (broad SMARTS) is 1. The number of pyridine rings is 1. The number of aliphatic hydroxyl groups is 1. The maximum absolute atomic E-state index is 11.2. The fourth-order valence-corrected chi connectivity index (χ4v) is 1.03. The molecule has 1 rings (SSSR count). The summed E-state index contributed by atoms with van der Waals surface area (Å²) in [7, 11) is 1.33. The van der Waals surface area contributed by atoms with Crippen LogP contribution in [0.1, 0.15) is 17.3 Å². The molecule has 0 spiro atoms. The van der Waals surface area contributed by atoms with Crippen LogP contribution < -0.4 is 10.1 Å². The van der Waals surface area contributed by atoms with Crippen LogP contribution in [0.2, 0.25) is 0 Å². The molecule has 0 bridgehead atoms. The minimum Gasteiger partial charge on any atom is -0.481 e. The van der Waals surface area contributed by atoms with Crippen LogP contribution in [0, 0.1) is 0 Å². The van der Waals surface area contributed by atoms with Gasteiger partial charge in [0.05, 0.1) is 12.7 Å². The Morgan fingerprint density at radius 3 is 2.59 bits per heavy atom. The summed E-state index contributed by atoms with van der Waals surface area (Å²) in [4.78, 5) is 25.8. The number of methoxy groups -OCH3 is 1. The van der Waals surface area contributed by atoms with Crippen LogP contribution in [0.5, 0.6) is 5.88 Å². The quantitative estimate of drug-likeness (QED) is 0.689. The van der Waals surface area contributed by atoms with Crippen LogP contribution in [-0.2, 0) is 4.79 Å².